The maximum Gasteiger partial charge on any atom is 0.373 e. The number of rotatable bonds is 1. The molecule has 1 aromatic carbocycles. The minimum absolute atomic E-state index is 0.163. The van der Waals surface area contributed by atoms with Crippen molar-refractivity contribution in [1.29, 1.82) is 0 Å². The second-order valence-corrected chi connectivity index (χ2v) is 6.67. The Kier molecular flexibility index (Phi) is 6.59. The van der Waals surface area contributed by atoms with Crippen LogP contribution in [0.3, 0.4) is 0 Å². The summed E-state index contributed by atoms with van der Waals surface area (Å²) in [5.41, 5.74) is 0.753. The summed E-state index contributed by atoms with van der Waals surface area (Å²) in [5, 5.41) is 9.34. The SMILES string of the molecule is CN1C(=O)S/C(=C\c2cc(Br)c(O)c(I)c2)C1=O.O=C=O. The lowest BCUT2D eigenvalue weighted by atomic mass is 10.2. The minimum Gasteiger partial charge on any atom is -0.506 e. The number of hydrogen-bond donors (Lipinski definition) is 1. The first-order valence-corrected chi connectivity index (χ1v) is 7.89. The lowest BCUT2D eigenvalue weighted by Crippen LogP contribution is -2.22. The molecule has 1 aromatic rings. The molecule has 9 heteroatoms. The highest BCUT2D eigenvalue weighted by atomic mass is 127. The second kappa shape index (κ2) is 7.74. The van der Waals surface area contributed by atoms with Crippen LogP contribution in [0.4, 0.5) is 4.79 Å². The first kappa shape index (κ1) is 17.9. The monoisotopic (exact) mass is 483 g/mol. The summed E-state index contributed by atoms with van der Waals surface area (Å²) in [4.78, 5) is 40.8. The van der Waals surface area contributed by atoms with E-state index < -0.39 is 0 Å². The molecule has 21 heavy (non-hydrogen) atoms. The second-order valence-electron chi connectivity index (χ2n) is 3.66. The third-order valence-corrected chi connectivity index (χ3v) is 4.71. The summed E-state index contributed by atoms with van der Waals surface area (Å²) in [6, 6.07) is 3.44. The Morgan fingerprint density at radius 3 is 2.38 bits per heavy atom. The number of phenolic OH excluding ortho intramolecular Hbond substituents is 1. The fourth-order valence-electron chi connectivity index (χ4n) is 1.37. The van der Waals surface area contributed by atoms with Crippen molar-refractivity contribution in [3.8, 4) is 5.75 Å². The molecule has 0 spiro atoms. The zero-order chi connectivity index (χ0) is 16.2. The number of carbonyl (C=O) groups excluding carboxylic acids is 4. The van der Waals surface area contributed by atoms with Gasteiger partial charge in [0.05, 0.1) is 12.9 Å². The van der Waals surface area contributed by atoms with Crippen LogP contribution in [0.15, 0.2) is 21.5 Å². The van der Waals surface area contributed by atoms with Gasteiger partial charge in [-0.1, -0.05) is 0 Å². The van der Waals surface area contributed by atoms with Gasteiger partial charge < -0.3 is 5.11 Å². The number of hydrogen-bond acceptors (Lipinski definition) is 6. The van der Waals surface area contributed by atoms with Crippen LogP contribution in [0.1, 0.15) is 5.56 Å². The summed E-state index contributed by atoms with van der Waals surface area (Å²) in [6.45, 7) is 0. The fourth-order valence-corrected chi connectivity index (χ4v) is 3.69. The van der Waals surface area contributed by atoms with Crippen molar-refractivity contribution in [2.45, 2.75) is 0 Å². The maximum atomic E-state index is 11.7. The van der Waals surface area contributed by atoms with Crippen molar-refractivity contribution in [2.24, 2.45) is 0 Å². The Balaban J connectivity index is 0.000000677. The van der Waals surface area contributed by atoms with Gasteiger partial charge in [-0.05, 0) is 74.1 Å². The highest BCUT2D eigenvalue weighted by Gasteiger charge is 2.31. The van der Waals surface area contributed by atoms with Crippen LogP contribution in [0, 0.1) is 3.57 Å². The number of imide groups is 1. The van der Waals surface area contributed by atoms with Crippen molar-refractivity contribution in [2.75, 3.05) is 7.05 Å². The average Bonchev–Trinajstić information content (AvgIpc) is 2.64. The normalized spacial score (nSPS) is 15.8. The quantitative estimate of drug-likeness (QED) is 0.487. The molecule has 1 aliphatic heterocycles. The molecular weight excluding hydrogens is 477 g/mol. The van der Waals surface area contributed by atoms with Gasteiger partial charge in [0, 0.05) is 7.05 Å². The first-order valence-electron chi connectivity index (χ1n) is 5.20. The Bertz CT molecular complexity index is 647. The Morgan fingerprint density at radius 2 is 1.95 bits per heavy atom. The van der Waals surface area contributed by atoms with Gasteiger partial charge in [0.2, 0.25) is 0 Å². The maximum absolute atomic E-state index is 11.7. The number of nitrogens with zero attached hydrogens (tertiary/aromatic N) is 1. The van der Waals surface area contributed by atoms with E-state index in [-0.39, 0.29) is 23.0 Å². The van der Waals surface area contributed by atoms with Crippen LogP contribution in [0.5, 0.6) is 5.75 Å². The molecule has 110 valence electrons. The average molecular weight is 484 g/mol. The Labute approximate surface area is 145 Å². The van der Waals surface area contributed by atoms with Crippen LogP contribution >= 0.6 is 50.3 Å². The highest BCUT2D eigenvalue weighted by Crippen LogP contribution is 2.34. The third kappa shape index (κ3) is 4.40. The largest absolute Gasteiger partial charge is 0.506 e. The van der Waals surface area contributed by atoms with Gasteiger partial charge >= 0.3 is 6.15 Å². The molecule has 2 amide bonds. The van der Waals surface area contributed by atoms with Gasteiger partial charge in [-0.25, -0.2) is 0 Å². The van der Waals surface area contributed by atoms with Crippen LogP contribution in [0.25, 0.3) is 6.08 Å². The van der Waals surface area contributed by atoms with Crippen molar-refractivity contribution in [1.82, 2.24) is 4.90 Å². The number of phenols is 1. The van der Waals surface area contributed by atoms with Crippen LogP contribution in [-0.2, 0) is 14.4 Å². The molecule has 0 bridgehead atoms. The molecule has 1 fully saturated rings. The smallest absolute Gasteiger partial charge is 0.373 e. The van der Waals surface area contributed by atoms with E-state index in [2.05, 4.69) is 15.9 Å². The number of benzene rings is 1. The lowest BCUT2D eigenvalue weighted by Gasteiger charge is -2.03. The van der Waals surface area contributed by atoms with E-state index in [1.807, 2.05) is 22.6 Å². The number of halogens is 2. The number of aromatic hydroxyl groups is 1. The van der Waals surface area contributed by atoms with Gasteiger partial charge in [0.15, 0.2) is 0 Å². The molecule has 1 N–H and O–H groups in total. The standard InChI is InChI=1S/C11H7BrINO3S.CO2/c1-14-10(16)8(18-11(14)17)4-5-2-6(12)9(15)7(13)3-5;2-1-3/h2-4,15H,1H3;/b8-4-;. The van der Waals surface area contributed by atoms with Gasteiger partial charge in [0.1, 0.15) is 5.75 Å². The van der Waals surface area contributed by atoms with Gasteiger partial charge in [-0.15, -0.1) is 0 Å². The van der Waals surface area contributed by atoms with E-state index >= 15 is 0 Å². The molecule has 0 radical (unpaired) electrons. The predicted octanol–water partition coefficient (Wildman–Crippen LogP) is 2.84. The molecule has 0 aliphatic carbocycles. The summed E-state index contributed by atoms with van der Waals surface area (Å²) in [5.74, 6) is -0.138. The van der Waals surface area contributed by atoms with Gasteiger partial charge in [0.25, 0.3) is 11.1 Å². The number of thioether (sulfide) groups is 1. The van der Waals surface area contributed by atoms with Crippen molar-refractivity contribution in [3.05, 3.63) is 30.6 Å². The Morgan fingerprint density at radius 1 is 1.38 bits per heavy atom. The zero-order valence-electron chi connectivity index (χ0n) is 10.4. The third-order valence-electron chi connectivity index (χ3n) is 2.32. The van der Waals surface area contributed by atoms with Crippen LogP contribution < -0.4 is 0 Å². The van der Waals surface area contributed by atoms with Gasteiger partial charge in [-0.2, -0.15) is 9.59 Å². The molecule has 0 aromatic heterocycles. The molecule has 0 saturated carbocycles. The van der Waals surface area contributed by atoms with Crippen molar-refractivity contribution >= 4 is 73.7 Å². The number of amides is 2. The molecule has 1 saturated heterocycles. The summed E-state index contributed by atoms with van der Waals surface area (Å²) in [7, 11) is 1.45. The number of likely N-dealkylation sites (N-methyl/N-ethyl adjacent to an activating group) is 1. The van der Waals surface area contributed by atoms with Crippen LogP contribution in [0.2, 0.25) is 0 Å². The van der Waals surface area contributed by atoms with E-state index in [0.29, 0.717) is 12.9 Å². The molecular formula is C12H7BrINO5S. The molecule has 1 heterocycles. The molecule has 0 unspecified atom stereocenters. The summed E-state index contributed by atoms with van der Waals surface area (Å²) >= 11 is 6.14. The molecule has 2 rings (SSSR count). The molecule has 1 aliphatic rings. The van der Waals surface area contributed by atoms with E-state index in [4.69, 9.17) is 9.59 Å². The summed E-state index contributed by atoms with van der Waals surface area (Å²) < 4.78 is 1.22. The van der Waals surface area contributed by atoms with E-state index in [1.54, 1.807) is 18.2 Å². The van der Waals surface area contributed by atoms with E-state index in [1.165, 1.54) is 7.05 Å². The minimum atomic E-state index is -0.302. The summed E-state index contributed by atoms with van der Waals surface area (Å²) in [6.07, 6.45) is 1.89. The zero-order valence-corrected chi connectivity index (χ0v) is 15.0. The van der Waals surface area contributed by atoms with E-state index in [0.717, 1.165) is 22.2 Å². The van der Waals surface area contributed by atoms with Crippen molar-refractivity contribution in [3.63, 3.8) is 0 Å². The lowest BCUT2D eigenvalue weighted by molar-refractivity contribution is -0.191. The Hall–Kier alpha value is -1.16. The number of carbonyl (C=O) groups is 2. The van der Waals surface area contributed by atoms with Gasteiger partial charge in [-0.3, -0.25) is 14.5 Å². The predicted molar refractivity (Wildman–Crippen MR) is 87.3 cm³/mol. The fraction of sp³-hybridized carbons (Fsp3) is 0.0833. The van der Waals surface area contributed by atoms with E-state index in [9.17, 15) is 14.7 Å². The van der Waals surface area contributed by atoms with Crippen molar-refractivity contribution < 1.29 is 24.3 Å². The highest BCUT2D eigenvalue weighted by molar-refractivity contribution is 14.1. The first-order chi connectivity index (χ1) is 9.81. The molecule has 6 nitrogen and oxygen atoms in total. The topological polar surface area (TPSA) is 91.8 Å². The van der Waals surface area contributed by atoms with Crippen LogP contribution in [-0.4, -0.2) is 34.4 Å². The molecule has 0 atom stereocenters.